The molecule has 4 atom stereocenters. The van der Waals surface area contributed by atoms with Crippen molar-refractivity contribution < 1.29 is 20.1 Å². The fourth-order valence-corrected chi connectivity index (χ4v) is 4.25. The average Bonchev–Trinajstić information content (AvgIpc) is 3.24. The van der Waals surface area contributed by atoms with E-state index >= 15 is 0 Å². The number of anilines is 1. The van der Waals surface area contributed by atoms with E-state index in [4.69, 9.17) is 10.5 Å². The van der Waals surface area contributed by atoms with Crippen LogP contribution in [0, 0.1) is 0 Å². The van der Waals surface area contributed by atoms with Crippen LogP contribution in [0.15, 0.2) is 55.0 Å². The molecule has 1 aliphatic rings. The van der Waals surface area contributed by atoms with Crippen LogP contribution in [-0.2, 0) is 4.74 Å². The van der Waals surface area contributed by atoms with E-state index in [-0.39, 0.29) is 0 Å². The molecular weight excluding hydrogens is 384 g/mol. The highest BCUT2D eigenvalue weighted by atomic mass is 16.6. The largest absolute Gasteiger partial charge is 0.394 e. The summed E-state index contributed by atoms with van der Waals surface area (Å²) in [6.07, 6.45) is 0.0163. The second-order valence-corrected chi connectivity index (χ2v) is 7.85. The van der Waals surface area contributed by atoms with Crippen LogP contribution in [0.25, 0.3) is 32.9 Å². The van der Waals surface area contributed by atoms with Gasteiger partial charge in [0.2, 0.25) is 0 Å². The monoisotopic (exact) mass is 406 g/mol. The Hall–Kier alpha value is -3.04. The van der Waals surface area contributed by atoms with Gasteiger partial charge in [0.25, 0.3) is 0 Å². The minimum atomic E-state index is -1.64. The van der Waals surface area contributed by atoms with E-state index in [0.29, 0.717) is 16.9 Å². The van der Waals surface area contributed by atoms with Crippen molar-refractivity contribution >= 4 is 27.6 Å². The standard InChI is InChI=1S/C22H22N4O4/c1-22(29)18(28)16(10-27)30-21(22)26-9-15(17-19(23)24-11-25-20(17)26)14-7-6-12-4-2-3-5-13(12)8-14/h2-9,11,16,18,21,27-29H,10H2,1H3,(H2,23,24,25)/t16-,18?,21-,22-/m1/s1. The number of benzene rings is 2. The molecule has 0 amide bonds. The van der Waals surface area contributed by atoms with E-state index in [0.717, 1.165) is 21.9 Å². The number of rotatable bonds is 3. The summed E-state index contributed by atoms with van der Waals surface area (Å²) in [5, 5.41) is 33.7. The molecule has 0 saturated carbocycles. The van der Waals surface area contributed by atoms with Crippen molar-refractivity contribution in [2.75, 3.05) is 12.3 Å². The number of ether oxygens (including phenoxy) is 1. The Morgan fingerprint density at radius 2 is 1.93 bits per heavy atom. The minimum Gasteiger partial charge on any atom is -0.394 e. The number of nitrogen functional groups attached to an aromatic ring is 1. The summed E-state index contributed by atoms with van der Waals surface area (Å²) >= 11 is 0. The molecule has 3 heterocycles. The van der Waals surface area contributed by atoms with Gasteiger partial charge in [0.05, 0.1) is 12.0 Å². The van der Waals surface area contributed by atoms with E-state index in [1.807, 2.05) is 36.4 Å². The number of nitrogens with zero attached hydrogens (tertiary/aromatic N) is 3. The molecule has 5 N–H and O–H groups in total. The highest BCUT2D eigenvalue weighted by Gasteiger charge is 2.53. The highest BCUT2D eigenvalue weighted by molar-refractivity contribution is 6.02. The molecule has 1 saturated heterocycles. The first-order chi connectivity index (χ1) is 14.4. The molecule has 1 fully saturated rings. The Balaban J connectivity index is 1.73. The summed E-state index contributed by atoms with van der Waals surface area (Å²) in [4.78, 5) is 8.51. The maximum atomic E-state index is 10.9. The average molecular weight is 406 g/mol. The summed E-state index contributed by atoms with van der Waals surface area (Å²) < 4.78 is 7.45. The van der Waals surface area contributed by atoms with Crippen molar-refractivity contribution in [1.29, 1.82) is 0 Å². The van der Waals surface area contributed by atoms with Crippen molar-refractivity contribution in [3.63, 3.8) is 0 Å². The first-order valence-corrected chi connectivity index (χ1v) is 9.68. The van der Waals surface area contributed by atoms with Crippen LogP contribution in [0.5, 0.6) is 0 Å². The van der Waals surface area contributed by atoms with Crippen LogP contribution in [0.2, 0.25) is 0 Å². The van der Waals surface area contributed by atoms with E-state index in [2.05, 4.69) is 16.0 Å². The molecule has 1 aliphatic heterocycles. The summed E-state index contributed by atoms with van der Waals surface area (Å²) in [5.41, 5.74) is 6.74. The first-order valence-electron chi connectivity index (χ1n) is 9.68. The first kappa shape index (κ1) is 19.0. The van der Waals surface area contributed by atoms with Crippen molar-refractivity contribution in [3.8, 4) is 11.1 Å². The van der Waals surface area contributed by atoms with Gasteiger partial charge in [-0.25, -0.2) is 9.97 Å². The number of aliphatic hydroxyl groups is 3. The van der Waals surface area contributed by atoms with Gasteiger partial charge in [-0.3, -0.25) is 0 Å². The van der Waals surface area contributed by atoms with E-state index < -0.39 is 30.6 Å². The molecule has 5 rings (SSSR count). The third-order valence-electron chi connectivity index (χ3n) is 5.89. The molecule has 0 spiro atoms. The number of fused-ring (bicyclic) bond motifs is 2. The van der Waals surface area contributed by atoms with Crippen molar-refractivity contribution in [3.05, 3.63) is 55.0 Å². The SMILES string of the molecule is C[C@@]1(O)C(O)[C@@H](CO)O[C@H]1n1cc(-c2ccc3ccccc3c2)c2c(N)ncnc21. The van der Waals surface area contributed by atoms with Gasteiger partial charge in [0.1, 0.15) is 35.6 Å². The fourth-order valence-electron chi connectivity index (χ4n) is 4.25. The molecule has 30 heavy (non-hydrogen) atoms. The molecule has 2 aromatic heterocycles. The molecule has 0 bridgehead atoms. The molecule has 8 nitrogen and oxygen atoms in total. The number of aliphatic hydroxyl groups excluding tert-OH is 2. The lowest BCUT2D eigenvalue weighted by molar-refractivity contribution is -0.0948. The van der Waals surface area contributed by atoms with Crippen LogP contribution < -0.4 is 5.73 Å². The zero-order valence-corrected chi connectivity index (χ0v) is 16.3. The number of nitrogens with two attached hydrogens (primary N) is 1. The summed E-state index contributed by atoms with van der Waals surface area (Å²) in [7, 11) is 0. The molecule has 1 unspecified atom stereocenters. The second kappa shape index (κ2) is 6.75. The lowest BCUT2D eigenvalue weighted by Crippen LogP contribution is -2.44. The Morgan fingerprint density at radius 1 is 1.17 bits per heavy atom. The third kappa shape index (κ3) is 2.69. The summed E-state index contributed by atoms with van der Waals surface area (Å²) in [5.74, 6) is 0.304. The van der Waals surface area contributed by atoms with Crippen LogP contribution in [0.3, 0.4) is 0 Å². The third-order valence-corrected chi connectivity index (χ3v) is 5.89. The van der Waals surface area contributed by atoms with Crippen LogP contribution in [-0.4, -0.2) is 54.3 Å². The maximum Gasteiger partial charge on any atom is 0.167 e. The van der Waals surface area contributed by atoms with Crippen molar-refractivity contribution in [2.24, 2.45) is 0 Å². The lowest BCUT2D eigenvalue weighted by Gasteiger charge is -2.27. The summed E-state index contributed by atoms with van der Waals surface area (Å²) in [6, 6.07) is 14.1. The number of hydrogen-bond acceptors (Lipinski definition) is 7. The van der Waals surface area contributed by atoms with Gasteiger partial charge in [0, 0.05) is 11.8 Å². The lowest BCUT2D eigenvalue weighted by atomic mass is 9.96. The Labute approximate surface area is 172 Å². The molecule has 154 valence electrons. The highest BCUT2D eigenvalue weighted by Crippen LogP contribution is 2.43. The zero-order valence-electron chi connectivity index (χ0n) is 16.3. The smallest absolute Gasteiger partial charge is 0.167 e. The van der Waals surface area contributed by atoms with E-state index in [9.17, 15) is 15.3 Å². The Morgan fingerprint density at radius 3 is 2.67 bits per heavy atom. The Kier molecular flexibility index (Phi) is 4.26. The van der Waals surface area contributed by atoms with Gasteiger partial charge in [-0.2, -0.15) is 0 Å². The van der Waals surface area contributed by atoms with Crippen LogP contribution >= 0.6 is 0 Å². The number of aromatic nitrogens is 3. The minimum absolute atomic E-state index is 0.304. The van der Waals surface area contributed by atoms with Gasteiger partial charge in [-0.05, 0) is 29.3 Å². The fraction of sp³-hybridized carbons (Fsp3) is 0.273. The normalized spacial score (nSPS) is 26.6. The number of hydrogen-bond donors (Lipinski definition) is 4. The van der Waals surface area contributed by atoms with E-state index in [1.54, 1.807) is 10.8 Å². The molecule has 0 radical (unpaired) electrons. The molecule has 0 aliphatic carbocycles. The second-order valence-electron chi connectivity index (χ2n) is 7.85. The quantitative estimate of drug-likeness (QED) is 0.409. The van der Waals surface area contributed by atoms with Crippen LogP contribution in [0.4, 0.5) is 5.82 Å². The predicted octanol–water partition coefficient (Wildman–Crippen LogP) is 1.84. The topological polar surface area (TPSA) is 127 Å². The molecule has 4 aromatic rings. The molecule has 2 aromatic carbocycles. The summed E-state index contributed by atoms with van der Waals surface area (Å²) in [6.45, 7) is 1.06. The zero-order chi connectivity index (χ0) is 21.0. The molecule has 8 heteroatoms. The van der Waals surface area contributed by atoms with Crippen LogP contribution in [0.1, 0.15) is 13.2 Å². The van der Waals surface area contributed by atoms with Gasteiger partial charge >= 0.3 is 0 Å². The van der Waals surface area contributed by atoms with E-state index in [1.165, 1.54) is 13.3 Å². The maximum absolute atomic E-state index is 10.9. The molecular formula is C22H22N4O4. The van der Waals surface area contributed by atoms with Gasteiger partial charge in [-0.1, -0.05) is 36.4 Å². The van der Waals surface area contributed by atoms with Crippen molar-refractivity contribution in [2.45, 2.75) is 31.0 Å². The van der Waals surface area contributed by atoms with Gasteiger partial charge < -0.3 is 30.4 Å². The van der Waals surface area contributed by atoms with Gasteiger partial charge in [0.15, 0.2) is 6.23 Å². The van der Waals surface area contributed by atoms with Crippen molar-refractivity contribution in [1.82, 2.24) is 14.5 Å². The predicted molar refractivity (Wildman–Crippen MR) is 113 cm³/mol. The Bertz CT molecular complexity index is 1250. The van der Waals surface area contributed by atoms with Gasteiger partial charge in [-0.15, -0.1) is 0 Å².